The third-order valence-electron chi connectivity index (χ3n) is 6.74. The first-order chi connectivity index (χ1) is 18.4. The van der Waals surface area contributed by atoms with Crippen LogP contribution < -0.4 is 9.47 Å². The van der Waals surface area contributed by atoms with E-state index in [-0.39, 0.29) is 29.6 Å². The van der Waals surface area contributed by atoms with Crippen molar-refractivity contribution in [2.45, 2.75) is 31.8 Å². The minimum Gasteiger partial charge on any atom is -0.493 e. The Labute approximate surface area is 221 Å². The summed E-state index contributed by atoms with van der Waals surface area (Å²) in [6.07, 6.45) is 2.19. The maximum atomic E-state index is 14.0. The lowest BCUT2D eigenvalue weighted by Gasteiger charge is -2.34. The number of benzene rings is 3. The monoisotopic (exact) mass is 517 g/mol. The van der Waals surface area contributed by atoms with Crippen LogP contribution in [0.4, 0.5) is 5.69 Å². The molecule has 1 unspecified atom stereocenters. The van der Waals surface area contributed by atoms with Gasteiger partial charge in [0.05, 0.1) is 19.1 Å². The highest BCUT2D eigenvalue weighted by Gasteiger charge is 2.35. The minimum absolute atomic E-state index is 0.109. The highest BCUT2D eigenvalue weighted by atomic mass is 16.6. The summed E-state index contributed by atoms with van der Waals surface area (Å²) < 4.78 is 10.8. The predicted octanol–water partition coefficient (Wildman–Crippen LogP) is 4.49. The number of methoxy groups -OCH3 is 2. The van der Waals surface area contributed by atoms with E-state index in [1.807, 2.05) is 41.3 Å². The van der Waals surface area contributed by atoms with Crippen molar-refractivity contribution in [3.8, 4) is 11.5 Å². The van der Waals surface area contributed by atoms with Gasteiger partial charge in [-0.3, -0.25) is 19.7 Å². The molecule has 9 nitrogen and oxygen atoms in total. The summed E-state index contributed by atoms with van der Waals surface area (Å²) in [5.74, 6) is 0.571. The van der Waals surface area contributed by atoms with E-state index in [1.54, 1.807) is 24.1 Å². The minimum atomic E-state index is -0.772. The van der Waals surface area contributed by atoms with Gasteiger partial charge >= 0.3 is 0 Å². The molecule has 9 heteroatoms. The van der Waals surface area contributed by atoms with Crippen LogP contribution in [-0.2, 0) is 17.8 Å². The fourth-order valence-electron chi connectivity index (χ4n) is 4.71. The van der Waals surface area contributed by atoms with Crippen molar-refractivity contribution in [2.24, 2.45) is 0 Å². The number of ether oxygens (including phenoxy) is 2. The Bertz CT molecular complexity index is 1270. The first kappa shape index (κ1) is 26.7. The van der Waals surface area contributed by atoms with Crippen molar-refractivity contribution in [3.63, 3.8) is 0 Å². The lowest BCUT2D eigenvalue weighted by atomic mass is 10.0. The van der Waals surface area contributed by atoms with Gasteiger partial charge in [0.1, 0.15) is 6.04 Å². The smallest absolute Gasteiger partial charge is 0.269 e. The molecule has 3 aromatic rings. The van der Waals surface area contributed by atoms with Gasteiger partial charge in [0.15, 0.2) is 11.5 Å². The van der Waals surface area contributed by atoms with Gasteiger partial charge in [-0.05, 0) is 48.2 Å². The molecule has 3 aromatic carbocycles. The topological polar surface area (TPSA) is 102 Å². The third-order valence-corrected chi connectivity index (χ3v) is 6.74. The molecule has 4 rings (SSSR count). The number of nitrogens with zero attached hydrogens (tertiary/aromatic N) is 3. The van der Waals surface area contributed by atoms with Gasteiger partial charge < -0.3 is 19.3 Å². The highest BCUT2D eigenvalue weighted by molar-refractivity contribution is 5.98. The summed E-state index contributed by atoms with van der Waals surface area (Å²) >= 11 is 0. The van der Waals surface area contributed by atoms with Gasteiger partial charge in [-0.2, -0.15) is 0 Å². The van der Waals surface area contributed by atoms with Crippen LogP contribution in [-0.4, -0.2) is 59.9 Å². The van der Waals surface area contributed by atoms with Crippen LogP contribution in [0, 0.1) is 10.1 Å². The molecule has 2 amide bonds. The van der Waals surface area contributed by atoms with E-state index >= 15 is 0 Å². The highest BCUT2D eigenvalue weighted by Crippen LogP contribution is 2.29. The van der Waals surface area contributed by atoms with Gasteiger partial charge in [-0.15, -0.1) is 0 Å². The molecule has 0 N–H and O–H groups in total. The summed E-state index contributed by atoms with van der Waals surface area (Å²) in [7, 11) is 3.09. The molecular formula is C29H31N3O6. The van der Waals surface area contributed by atoms with Crippen molar-refractivity contribution in [2.75, 3.05) is 27.3 Å². The van der Waals surface area contributed by atoms with Crippen molar-refractivity contribution >= 4 is 17.5 Å². The van der Waals surface area contributed by atoms with Gasteiger partial charge in [-0.25, -0.2) is 0 Å². The maximum absolute atomic E-state index is 14.0. The van der Waals surface area contributed by atoms with Crippen molar-refractivity contribution in [1.82, 2.24) is 9.80 Å². The Morgan fingerprint density at radius 1 is 0.921 bits per heavy atom. The van der Waals surface area contributed by atoms with Crippen molar-refractivity contribution in [3.05, 3.63) is 99.6 Å². The Hall–Kier alpha value is -4.40. The SMILES string of the molecule is COc1ccc(CN(C(=O)c2ccc([N+](=O)[O-])cc2)C(Cc2ccccc2)C(=O)N2CCCC2)cc1OC. The summed E-state index contributed by atoms with van der Waals surface area (Å²) in [5.41, 5.74) is 1.84. The van der Waals surface area contributed by atoms with E-state index < -0.39 is 11.0 Å². The zero-order valence-electron chi connectivity index (χ0n) is 21.5. The zero-order valence-corrected chi connectivity index (χ0v) is 21.5. The molecule has 38 heavy (non-hydrogen) atoms. The number of nitro groups is 1. The first-order valence-corrected chi connectivity index (χ1v) is 12.5. The van der Waals surface area contributed by atoms with Crippen LogP contribution >= 0.6 is 0 Å². The van der Waals surface area contributed by atoms with E-state index in [1.165, 1.54) is 31.4 Å². The second-order valence-corrected chi connectivity index (χ2v) is 9.16. The van der Waals surface area contributed by atoms with Crippen molar-refractivity contribution in [1.29, 1.82) is 0 Å². The van der Waals surface area contributed by atoms with Crippen molar-refractivity contribution < 1.29 is 24.0 Å². The Morgan fingerprint density at radius 3 is 2.18 bits per heavy atom. The molecule has 0 aromatic heterocycles. The fourth-order valence-corrected chi connectivity index (χ4v) is 4.71. The summed E-state index contributed by atoms with van der Waals surface area (Å²) in [6.45, 7) is 1.44. The first-order valence-electron chi connectivity index (χ1n) is 12.5. The second kappa shape index (κ2) is 12.2. The fraction of sp³-hybridized carbons (Fsp3) is 0.310. The molecule has 0 aliphatic carbocycles. The van der Waals surface area contributed by atoms with E-state index in [0.29, 0.717) is 31.0 Å². The second-order valence-electron chi connectivity index (χ2n) is 9.16. The number of carbonyl (C=O) groups excluding carboxylic acids is 2. The van der Waals surface area contributed by atoms with Crippen LogP contribution in [0.2, 0.25) is 0 Å². The average Bonchev–Trinajstić information content (AvgIpc) is 3.50. The van der Waals surface area contributed by atoms with Crippen LogP contribution in [0.1, 0.15) is 34.3 Å². The number of rotatable bonds is 10. The summed E-state index contributed by atoms with van der Waals surface area (Å²) in [5, 5.41) is 11.2. The van der Waals surface area contributed by atoms with E-state index in [0.717, 1.165) is 24.0 Å². The standard InChI is InChI=1S/C29H31N3O6/c1-37-26-15-10-22(19-27(26)38-2)20-31(28(33)23-11-13-24(14-12-23)32(35)36)25(18-21-8-4-3-5-9-21)29(34)30-16-6-7-17-30/h3-5,8-15,19,25H,6-7,16-18,20H2,1-2H3. The van der Waals surface area contributed by atoms with Crippen LogP contribution in [0.15, 0.2) is 72.8 Å². The van der Waals surface area contributed by atoms with Gasteiger partial charge in [-0.1, -0.05) is 36.4 Å². The number of hydrogen-bond acceptors (Lipinski definition) is 6. The Kier molecular flexibility index (Phi) is 8.58. The Morgan fingerprint density at radius 2 is 1.58 bits per heavy atom. The molecule has 0 radical (unpaired) electrons. The molecule has 1 saturated heterocycles. The number of likely N-dealkylation sites (tertiary alicyclic amines) is 1. The molecule has 0 saturated carbocycles. The maximum Gasteiger partial charge on any atom is 0.269 e. The molecule has 198 valence electrons. The van der Waals surface area contributed by atoms with Gasteiger partial charge in [0.25, 0.3) is 11.6 Å². The number of amides is 2. The molecule has 1 heterocycles. The van der Waals surface area contributed by atoms with E-state index in [2.05, 4.69) is 0 Å². The lowest BCUT2D eigenvalue weighted by molar-refractivity contribution is -0.384. The molecular weight excluding hydrogens is 486 g/mol. The molecule has 1 atom stereocenters. The lowest BCUT2D eigenvalue weighted by Crippen LogP contribution is -2.51. The summed E-state index contributed by atoms with van der Waals surface area (Å²) in [4.78, 5) is 41.9. The molecule has 0 bridgehead atoms. The number of nitro benzene ring substituents is 1. The van der Waals surface area contributed by atoms with E-state index in [4.69, 9.17) is 9.47 Å². The third kappa shape index (κ3) is 6.11. The Balaban J connectivity index is 1.76. The molecule has 0 spiro atoms. The van der Waals surface area contributed by atoms with Crippen LogP contribution in [0.3, 0.4) is 0 Å². The number of hydrogen-bond donors (Lipinski definition) is 0. The van der Waals surface area contributed by atoms with E-state index in [9.17, 15) is 19.7 Å². The number of carbonyl (C=O) groups is 2. The van der Waals surface area contributed by atoms with Crippen LogP contribution in [0.25, 0.3) is 0 Å². The normalized spacial score (nSPS) is 13.6. The summed E-state index contributed by atoms with van der Waals surface area (Å²) in [6, 6.07) is 19.7. The predicted molar refractivity (Wildman–Crippen MR) is 142 cm³/mol. The quantitative estimate of drug-likeness (QED) is 0.290. The largest absolute Gasteiger partial charge is 0.493 e. The molecule has 1 aliphatic heterocycles. The average molecular weight is 518 g/mol. The van der Waals surface area contributed by atoms with Crippen LogP contribution in [0.5, 0.6) is 11.5 Å². The van der Waals surface area contributed by atoms with Gasteiger partial charge in [0.2, 0.25) is 5.91 Å². The zero-order chi connectivity index (χ0) is 27.1. The number of non-ortho nitro benzene ring substituents is 1. The molecule has 1 fully saturated rings. The molecule has 1 aliphatic rings. The van der Waals surface area contributed by atoms with Gasteiger partial charge in [0, 0.05) is 43.8 Å².